The normalized spacial score (nSPS) is 11.7. The van der Waals surface area contributed by atoms with E-state index in [0.717, 1.165) is 0 Å². The van der Waals surface area contributed by atoms with E-state index in [-0.39, 0.29) is 18.4 Å². The Labute approximate surface area is 205 Å². The van der Waals surface area contributed by atoms with Crippen molar-refractivity contribution >= 4 is 58.3 Å². The van der Waals surface area contributed by atoms with Crippen molar-refractivity contribution in [1.29, 1.82) is 0 Å². The number of nitrogens with one attached hydrogen (secondary N) is 2. The summed E-state index contributed by atoms with van der Waals surface area (Å²) in [6.45, 7) is 2.38. The Kier molecular flexibility index (Phi) is 8.68. The van der Waals surface area contributed by atoms with Crippen molar-refractivity contribution in [2.75, 3.05) is 23.9 Å². The number of anilines is 3. The predicted octanol–water partition coefficient (Wildman–Crippen LogP) is 6.07. The molecule has 174 valence electrons. The number of halogens is 4. The van der Waals surface area contributed by atoms with Crippen LogP contribution >= 0.6 is 34.8 Å². The van der Waals surface area contributed by atoms with Crippen molar-refractivity contribution in [3.63, 3.8) is 0 Å². The van der Waals surface area contributed by atoms with E-state index in [9.17, 15) is 9.18 Å². The maximum Gasteiger partial charge on any atom is 0.327 e. The lowest BCUT2D eigenvalue weighted by Crippen LogP contribution is -2.37. The molecule has 0 radical (unpaired) electrons. The first-order valence-corrected chi connectivity index (χ1v) is 11.0. The summed E-state index contributed by atoms with van der Waals surface area (Å²) in [5.74, 6) is 0.146. The maximum atomic E-state index is 13.5. The average Bonchev–Trinajstić information content (AvgIpc) is 2.75. The molecule has 33 heavy (non-hydrogen) atoms. The number of carbonyl (C=O) groups excluding carboxylic acids is 1. The molecule has 1 aromatic heterocycles. The molecule has 0 fully saturated rings. The number of aromatic nitrogens is 2. The second-order valence-electron chi connectivity index (χ2n) is 7.06. The third-order valence-corrected chi connectivity index (χ3v) is 5.36. The number of benzene rings is 2. The van der Waals surface area contributed by atoms with Gasteiger partial charge in [-0.15, -0.1) is 0 Å². The van der Waals surface area contributed by atoms with E-state index in [1.54, 1.807) is 13.2 Å². The minimum Gasteiger partial charge on any atom is -0.383 e. The largest absolute Gasteiger partial charge is 0.383 e. The van der Waals surface area contributed by atoms with Gasteiger partial charge in [0.2, 0.25) is 5.95 Å². The summed E-state index contributed by atoms with van der Waals surface area (Å²) < 4.78 is 18.6. The van der Waals surface area contributed by atoms with Crippen molar-refractivity contribution in [2.45, 2.75) is 19.5 Å². The van der Waals surface area contributed by atoms with Crippen LogP contribution < -0.4 is 15.5 Å². The van der Waals surface area contributed by atoms with Gasteiger partial charge in [-0.05, 0) is 43.3 Å². The van der Waals surface area contributed by atoms with Crippen molar-refractivity contribution in [1.82, 2.24) is 15.3 Å². The highest BCUT2D eigenvalue weighted by molar-refractivity contribution is 6.39. The molecule has 7 nitrogen and oxygen atoms in total. The van der Waals surface area contributed by atoms with Gasteiger partial charge in [-0.3, -0.25) is 0 Å². The lowest BCUT2D eigenvalue weighted by molar-refractivity contribution is 0.190. The molecule has 0 aliphatic heterocycles. The smallest absolute Gasteiger partial charge is 0.327 e. The van der Waals surface area contributed by atoms with Gasteiger partial charge >= 0.3 is 6.03 Å². The van der Waals surface area contributed by atoms with Crippen LogP contribution in [-0.4, -0.2) is 35.8 Å². The van der Waals surface area contributed by atoms with E-state index in [2.05, 4.69) is 20.6 Å². The van der Waals surface area contributed by atoms with Crippen LogP contribution in [0.1, 0.15) is 12.5 Å². The summed E-state index contributed by atoms with van der Waals surface area (Å²) in [6.07, 6.45) is 1.51. The Balaban J connectivity index is 1.89. The van der Waals surface area contributed by atoms with Crippen molar-refractivity contribution in [2.24, 2.45) is 0 Å². The Bertz CT molecular complexity index is 1090. The number of urea groups is 1. The molecule has 3 rings (SSSR count). The molecule has 3 aromatic rings. The lowest BCUT2D eigenvalue weighted by Gasteiger charge is -2.23. The SMILES string of the molecule is COC[C@H](C)Nc1nccc(N(C(=O)NCc2c(Cl)cc(Cl)cc2Cl)c2ccc(F)cc2)n1. The number of nitrogens with zero attached hydrogens (tertiary/aromatic N) is 3. The van der Waals surface area contributed by atoms with Gasteiger partial charge in [0.25, 0.3) is 0 Å². The first-order chi connectivity index (χ1) is 15.8. The van der Waals surface area contributed by atoms with Crippen LogP contribution in [-0.2, 0) is 11.3 Å². The van der Waals surface area contributed by atoms with E-state index in [0.29, 0.717) is 38.9 Å². The topological polar surface area (TPSA) is 79.4 Å². The van der Waals surface area contributed by atoms with Crippen LogP contribution in [0.5, 0.6) is 0 Å². The molecule has 0 unspecified atom stereocenters. The molecule has 2 amide bonds. The molecule has 0 bridgehead atoms. The van der Waals surface area contributed by atoms with E-state index in [1.165, 1.54) is 47.5 Å². The van der Waals surface area contributed by atoms with Gasteiger partial charge in [-0.25, -0.2) is 19.1 Å². The molecule has 0 spiro atoms. The molecule has 2 N–H and O–H groups in total. The van der Waals surface area contributed by atoms with Crippen LogP contribution in [0.25, 0.3) is 0 Å². The summed E-state index contributed by atoms with van der Waals surface area (Å²) in [5, 5.41) is 6.90. The number of carbonyl (C=O) groups is 1. The fraction of sp³-hybridized carbons (Fsp3) is 0.227. The van der Waals surface area contributed by atoms with Gasteiger partial charge in [0.15, 0.2) is 0 Å². The van der Waals surface area contributed by atoms with Crippen molar-refractivity contribution < 1.29 is 13.9 Å². The summed E-state index contributed by atoms with van der Waals surface area (Å²) >= 11 is 18.4. The molecule has 0 aliphatic rings. The Morgan fingerprint density at radius 3 is 2.45 bits per heavy atom. The monoisotopic (exact) mass is 511 g/mol. The van der Waals surface area contributed by atoms with Gasteiger partial charge in [0.05, 0.1) is 12.3 Å². The summed E-state index contributed by atoms with van der Waals surface area (Å²) in [7, 11) is 1.59. The quantitative estimate of drug-likeness (QED) is 0.383. The average molecular weight is 513 g/mol. The van der Waals surface area contributed by atoms with E-state index < -0.39 is 11.8 Å². The fourth-order valence-corrected chi connectivity index (χ4v) is 3.93. The van der Waals surface area contributed by atoms with Gasteiger partial charge < -0.3 is 15.4 Å². The minimum atomic E-state index is -0.529. The summed E-state index contributed by atoms with van der Waals surface area (Å²) in [6, 6.07) is 9.51. The van der Waals surface area contributed by atoms with E-state index in [4.69, 9.17) is 39.5 Å². The van der Waals surface area contributed by atoms with Crippen LogP contribution in [0.15, 0.2) is 48.7 Å². The van der Waals surface area contributed by atoms with Crippen LogP contribution in [0.4, 0.5) is 26.6 Å². The first kappa shape index (κ1) is 25.0. The highest BCUT2D eigenvalue weighted by atomic mass is 35.5. The van der Waals surface area contributed by atoms with Gasteiger partial charge in [0, 0.05) is 52.6 Å². The molecule has 0 saturated heterocycles. The third kappa shape index (κ3) is 6.68. The molecular formula is C22H21Cl3FN5O2. The van der Waals surface area contributed by atoms with Crippen LogP contribution in [0.2, 0.25) is 15.1 Å². The third-order valence-electron chi connectivity index (χ3n) is 4.47. The summed E-state index contributed by atoms with van der Waals surface area (Å²) in [5.41, 5.74) is 0.908. The van der Waals surface area contributed by atoms with Gasteiger partial charge in [0.1, 0.15) is 11.6 Å². The lowest BCUT2D eigenvalue weighted by atomic mass is 10.2. The number of hydrogen-bond acceptors (Lipinski definition) is 5. The molecular weight excluding hydrogens is 492 g/mol. The second kappa shape index (κ2) is 11.5. The molecule has 0 aliphatic carbocycles. The Morgan fingerprint density at radius 1 is 1.15 bits per heavy atom. The molecule has 1 atom stereocenters. The second-order valence-corrected chi connectivity index (χ2v) is 8.31. The zero-order chi connectivity index (χ0) is 24.0. The van der Waals surface area contributed by atoms with E-state index >= 15 is 0 Å². The number of amides is 2. The Morgan fingerprint density at radius 2 is 1.82 bits per heavy atom. The number of methoxy groups -OCH3 is 1. The highest BCUT2D eigenvalue weighted by Gasteiger charge is 2.21. The molecule has 1 heterocycles. The zero-order valence-electron chi connectivity index (χ0n) is 17.8. The zero-order valence-corrected chi connectivity index (χ0v) is 20.0. The maximum absolute atomic E-state index is 13.5. The Hall–Kier alpha value is -2.65. The molecule has 2 aromatic carbocycles. The van der Waals surface area contributed by atoms with Crippen molar-refractivity contribution in [3.05, 3.63) is 75.1 Å². The number of rotatable bonds is 8. The van der Waals surface area contributed by atoms with Crippen LogP contribution in [0.3, 0.4) is 0 Å². The van der Waals surface area contributed by atoms with Gasteiger partial charge in [-0.2, -0.15) is 4.98 Å². The van der Waals surface area contributed by atoms with E-state index in [1.807, 2.05) is 6.92 Å². The fourth-order valence-electron chi connectivity index (χ4n) is 2.98. The predicted molar refractivity (Wildman–Crippen MR) is 129 cm³/mol. The van der Waals surface area contributed by atoms with Crippen LogP contribution in [0, 0.1) is 5.82 Å². The highest BCUT2D eigenvalue weighted by Crippen LogP contribution is 2.29. The van der Waals surface area contributed by atoms with Gasteiger partial charge in [-0.1, -0.05) is 34.8 Å². The standard InChI is InChI=1S/C22H21Cl3FN5O2/c1-13(12-33-2)29-21-27-8-7-20(30-21)31(16-5-3-15(26)4-6-16)22(32)28-11-17-18(24)9-14(23)10-19(17)25/h3-10,13H,11-12H2,1-2H3,(H,28,32)(H,27,29,30)/t13-/m0/s1. The van der Waals surface area contributed by atoms with Crippen molar-refractivity contribution in [3.8, 4) is 0 Å². The number of hydrogen-bond donors (Lipinski definition) is 2. The number of ether oxygens (including phenoxy) is 1. The minimum absolute atomic E-state index is 0.0342. The summed E-state index contributed by atoms with van der Waals surface area (Å²) in [4.78, 5) is 23.2. The molecule has 11 heteroatoms. The first-order valence-electron chi connectivity index (χ1n) is 9.84. The molecule has 0 saturated carbocycles.